The van der Waals surface area contributed by atoms with Crippen LogP contribution < -0.4 is 5.32 Å². The minimum absolute atomic E-state index is 0.127. The molecule has 1 N–H and O–H groups in total. The highest BCUT2D eigenvalue weighted by Gasteiger charge is 2.32. The third kappa shape index (κ3) is 6.52. The molecular formula is C20H33N3O4. The van der Waals surface area contributed by atoms with Gasteiger partial charge in [0.15, 0.2) is 5.96 Å². The van der Waals surface area contributed by atoms with Gasteiger partial charge in [0.2, 0.25) is 0 Å². The summed E-state index contributed by atoms with van der Waals surface area (Å²) in [5.41, 5.74) is 0. The largest absolute Gasteiger partial charge is 0.469 e. The maximum absolute atomic E-state index is 5.98. The zero-order valence-electron chi connectivity index (χ0n) is 16.4. The number of hydrogen-bond donors (Lipinski definition) is 1. The van der Waals surface area contributed by atoms with Gasteiger partial charge in [-0.2, -0.15) is 0 Å². The molecule has 152 valence electrons. The molecule has 3 heterocycles. The zero-order valence-corrected chi connectivity index (χ0v) is 16.4. The van der Waals surface area contributed by atoms with Crippen molar-refractivity contribution in [3.63, 3.8) is 0 Å². The minimum atomic E-state index is 0.127. The molecular weight excluding hydrogens is 346 g/mol. The van der Waals surface area contributed by atoms with Gasteiger partial charge in [0, 0.05) is 52.4 Å². The third-order valence-electron chi connectivity index (χ3n) is 4.92. The van der Waals surface area contributed by atoms with Crippen molar-refractivity contribution >= 4 is 5.96 Å². The van der Waals surface area contributed by atoms with Crippen LogP contribution in [0.2, 0.25) is 0 Å². The quantitative estimate of drug-likeness (QED) is 0.402. The lowest BCUT2D eigenvalue weighted by atomic mass is 10.1. The molecule has 0 aliphatic carbocycles. The molecule has 0 amide bonds. The van der Waals surface area contributed by atoms with Gasteiger partial charge in [-0.15, -0.1) is 0 Å². The van der Waals surface area contributed by atoms with E-state index in [0.29, 0.717) is 6.61 Å². The van der Waals surface area contributed by atoms with Gasteiger partial charge in [-0.1, -0.05) is 0 Å². The fourth-order valence-electron chi connectivity index (χ4n) is 3.50. The first-order valence-electron chi connectivity index (χ1n) is 10.2. The number of morpholine rings is 1. The van der Waals surface area contributed by atoms with E-state index < -0.39 is 0 Å². The molecule has 0 spiro atoms. The van der Waals surface area contributed by atoms with E-state index in [1.54, 1.807) is 6.26 Å². The van der Waals surface area contributed by atoms with Gasteiger partial charge in [0.1, 0.15) is 11.9 Å². The summed E-state index contributed by atoms with van der Waals surface area (Å²) in [5, 5.41) is 3.51. The molecule has 2 aliphatic heterocycles. The fourth-order valence-corrected chi connectivity index (χ4v) is 3.50. The maximum atomic E-state index is 5.98. The lowest BCUT2D eigenvalue weighted by molar-refractivity contribution is -0.0817. The summed E-state index contributed by atoms with van der Waals surface area (Å²) in [7, 11) is 0. The first-order chi connectivity index (χ1) is 13.4. The minimum Gasteiger partial charge on any atom is -0.469 e. The number of ether oxygens (including phenoxy) is 3. The molecule has 7 nitrogen and oxygen atoms in total. The molecule has 2 unspecified atom stereocenters. The number of hydrogen-bond acceptors (Lipinski definition) is 5. The highest BCUT2D eigenvalue weighted by atomic mass is 16.5. The van der Waals surface area contributed by atoms with E-state index in [-0.39, 0.29) is 12.2 Å². The predicted octanol–water partition coefficient (Wildman–Crippen LogP) is 2.07. The van der Waals surface area contributed by atoms with Gasteiger partial charge in [0.05, 0.1) is 19.0 Å². The summed E-state index contributed by atoms with van der Waals surface area (Å²) in [6, 6.07) is 3.93. The first kappa shape index (κ1) is 20.2. The molecule has 2 fully saturated rings. The van der Waals surface area contributed by atoms with Crippen molar-refractivity contribution in [3.05, 3.63) is 24.2 Å². The van der Waals surface area contributed by atoms with E-state index in [1.165, 1.54) is 0 Å². The Bertz CT molecular complexity index is 543. The van der Waals surface area contributed by atoms with E-state index in [4.69, 9.17) is 23.6 Å². The Labute approximate surface area is 162 Å². The zero-order chi connectivity index (χ0) is 18.7. The van der Waals surface area contributed by atoms with E-state index in [2.05, 4.69) is 10.2 Å². The summed E-state index contributed by atoms with van der Waals surface area (Å²) < 4.78 is 22.7. The summed E-state index contributed by atoms with van der Waals surface area (Å²) in [4.78, 5) is 7.13. The van der Waals surface area contributed by atoms with Gasteiger partial charge in [-0.05, 0) is 38.3 Å². The molecule has 2 saturated heterocycles. The number of nitrogens with zero attached hydrogens (tertiary/aromatic N) is 2. The SMILES string of the molecule is CCOCCCN=C(NCCc1ccco1)N1CCOC(C2CCCO2)C1. The van der Waals surface area contributed by atoms with Crippen LogP contribution in [0.15, 0.2) is 27.8 Å². The maximum Gasteiger partial charge on any atom is 0.194 e. The van der Waals surface area contributed by atoms with Crippen LogP contribution in [0.5, 0.6) is 0 Å². The van der Waals surface area contributed by atoms with E-state index in [9.17, 15) is 0 Å². The monoisotopic (exact) mass is 379 g/mol. The Morgan fingerprint density at radius 1 is 1.33 bits per heavy atom. The third-order valence-corrected chi connectivity index (χ3v) is 4.92. The van der Waals surface area contributed by atoms with Crippen LogP contribution in [0.25, 0.3) is 0 Å². The van der Waals surface area contributed by atoms with Crippen molar-refractivity contribution in [2.45, 2.75) is 44.8 Å². The molecule has 0 aromatic carbocycles. The fraction of sp³-hybridized carbons (Fsp3) is 0.750. The van der Waals surface area contributed by atoms with Crippen molar-refractivity contribution in [2.24, 2.45) is 4.99 Å². The Kier molecular flexibility index (Phi) is 8.45. The molecule has 1 aromatic heterocycles. The smallest absolute Gasteiger partial charge is 0.194 e. The van der Waals surface area contributed by atoms with Crippen LogP contribution in [-0.2, 0) is 20.6 Å². The highest BCUT2D eigenvalue weighted by Crippen LogP contribution is 2.21. The van der Waals surface area contributed by atoms with Crippen LogP contribution in [0.3, 0.4) is 0 Å². The van der Waals surface area contributed by atoms with E-state index >= 15 is 0 Å². The Hall–Kier alpha value is -1.57. The van der Waals surface area contributed by atoms with Gasteiger partial charge in [-0.25, -0.2) is 0 Å². The Morgan fingerprint density at radius 2 is 2.26 bits per heavy atom. The van der Waals surface area contributed by atoms with Crippen molar-refractivity contribution in [2.75, 3.05) is 52.6 Å². The van der Waals surface area contributed by atoms with Crippen molar-refractivity contribution in [3.8, 4) is 0 Å². The molecule has 2 aliphatic rings. The number of furan rings is 1. The van der Waals surface area contributed by atoms with Crippen LogP contribution in [0.4, 0.5) is 0 Å². The lowest BCUT2D eigenvalue weighted by Crippen LogP contribution is -2.53. The number of nitrogens with one attached hydrogen (secondary N) is 1. The number of aliphatic imine (C=N–C) groups is 1. The normalized spacial score (nSPS) is 23.7. The molecule has 27 heavy (non-hydrogen) atoms. The summed E-state index contributed by atoms with van der Waals surface area (Å²) in [6.07, 6.45) is 6.04. The average Bonchev–Trinajstić information content (AvgIpc) is 3.40. The molecule has 3 rings (SSSR count). The van der Waals surface area contributed by atoms with Gasteiger partial charge in [0.25, 0.3) is 0 Å². The number of rotatable bonds is 9. The second-order valence-electron chi connectivity index (χ2n) is 6.92. The van der Waals surface area contributed by atoms with E-state index in [1.807, 2.05) is 19.1 Å². The van der Waals surface area contributed by atoms with Crippen molar-refractivity contribution in [1.29, 1.82) is 0 Å². The number of guanidine groups is 1. The predicted molar refractivity (Wildman–Crippen MR) is 104 cm³/mol. The lowest BCUT2D eigenvalue weighted by Gasteiger charge is -2.37. The molecule has 2 atom stereocenters. The van der Waals surface area contributed by atoms with Crippen LogP contribution >= 0.6 is 0 Å². The second kappa shape index (κ2) is 11.3. The molecule has 0 radical (unpaired) electrons. The molecule has 0 saturated carbocycles. The summed E-state index contributed by atoms with van der Waals surface area (Å²) in [5.74, 6) is 1.93. The Balaban J connectivity index is 1.54. The first-order valence-corrected chi connectivity index (χ1v) is 10.2. The van der Waals surface area contributed by atoms with Crippen molar-refractivity contribution in [1.82, 2.24) is 10.2 Å². The van der Waals surface area contributed by atoms with Crippen LogP contribution in [0, 0.1) is 0 Å². The topological polar surface area (TPSA) is 68.5 Å². The van der Waals surface area contributed by atoms with Gasteiger partial charge < -0.3 is 28.8 Å². The van der Waals surface area contributed by atoms with Crippen LogP contribution in [0.1, 0.15) is 31.9 Å². The summed E-state index contributed by atoms with van der Waals surface area (Å²) >= 11 is 0. The van der Waals surface area contributed by atoms with Crippen molar-refractivity contribution < 1.29 is 18.6 Å². The summed E-state index contributed by atoms with van der Waals surface area (Å²) in [6.45, 7) is 8.30. The van der Waals surface area contributed by atoms with Gasteiger partial charge >= 0.3 is 0 Å². The van der Waals surface area contributed by atoms with E-state index in [0.717, 1.165) is 83.4 Å². The average molecular weight is 380 g/mol. The second-order valence-corrected chi connectivity index (χ2v) is 6.92. The van der Waals surface area contributed by atoms with Gasteiger partial charge in [-0.3, -0.25) is 4.99 Å². The molecule has 1 aromatic rings. The molecule has 7 heteroatoms. The van der Waals surface area contributed by atoms with Crippen LogP contribution in [-0.4, -0.2) is 75.7 Å². The Morgan fingerprint density at radius 3 is 3.04 bits per heavy atom. The molecule has 0 bridgehead atoms. The highest BCUT2D eigenvalue weighted by molar-refractivity contribution is 5.80. The standard InChI is InChI=1S/C20H33N3O4/c1-2-24-12-5-9-21-20(22-10-8-17-6-3-13-25-17)23-11-15-27-19(16-23)18-7-4-14-26-18/h3,6,13,18-19H,2,4-5,7-12,14-16H2,1H3,(H,21,22).